The maximum Gasteiger partial charge on any atom is 0.311 e. The van der Waals surface area contributed by atoms with Crippen LogP contribution in [0.5, 0.6) is 0 Å². The van der Waals surface area contributed by atoms with Gasteiger partial charge in [0.15, 0.2) is 68.1 Å². The molecule has 672 valence electrons. The van der Waals surface area contributed by atoms with Crippen LogP contribution in [0.1, 0.15) is 126 Å². The molecule has 11 rings (SSSR count). The summed E-state index contributed by atoms with van der Waals surface area (Å²) in [4.78, 5) is 153. The summed E-state index contributed by atoms with van der Waals surface area (Å²) in [7, 11) is 1.18. The van der Waals surface area contributed by atoms with Crippen LogP contribution in [0.4, 0.5) is 0 Å². The molecule has 0 aromatic heterocycles. The molecule has 5 saturated heterocycles. The van der Waals surface area contributed by atoms with E-state index in [2.05, 4.69) is 5.32 Å². The number of methoxy groups -OCH3 is 1. The number of carbonyl (C=O) groups is 11. The molecular formula is C88H106N2O34. The molecule has 3 amide bonds. The van der Waals surface area contributed by atoms with Crippen LogP contribution in [0, 0.1) is 5.41 Å². The lowest BCUT2D eigenvalue weighted by molar-refractivity contribution is -0.385. The Kier molecular flexibility index (Phi) is 33.3. The van der Waals surface area contributed by atoms with Gasteiger partial charge in [-0.1, -0.05) is 133 Å². The molecule has 6 aliphatic rings. The normalized spacial score (nSPS) is 30.5. The van der Waals surface area contributed by atoms with Crippen LogP contribution in [-0.4, -0.2) is 262 Å². The summed E-state index contributed by atoms with van der Waals surface area (Å²) in [5.74, 6) is -10.3. The third kappa shape index (κ3) is 24.5. The molecular weight excluding hydrogens is 1630 g/mol. The number of carbonyl (C=O) groups excluding carboxylic acids is 11. The Morgan fingerprint density at radius 1 is 0.379 bits per heavy atom. The number of nitrogens with one attached hydrogen (secondary N) is 1. The van der Waals surface area contributed by atoms with Crippen molar-refractivity contribution in [1.82, 2.24) is 10.2 Å². The Bertz CT molecular complexity index is 4410. The van der Waals surface area contributed by atoms with Crippen LogP contribution >= 0.6 is 0 Å². The summed E-state index contributed by atoms with van der Waals surface area (Å²) < 4.78 is 143. The van der Waals surface area contributed by atoms with E-state index in [9.17, 15) is 48.3 Å². The Morgan fingerprint density at radius 3 is 1.27 bits per heavy atom. The monoisotopic (exact) mass is 1730 g/mol. The zero-order chi connectivity index (χ0) is 89.2. The molecule has 36 nitrogen and oxygen atoms in total. The molecule has 25 atom stereocenters. The van der Waals surface area contributed by atoms with Gasteiger partial charge in [0.2, 0.25) is 5.91 Å². The molecule has 5 fully saturated rings. The Balaban J connectivity index is 1.10. The average molecular weight is 1740 g/mol. The van der Waals surface area contributed by atoms with E-state index in [1.54, 1.807) is 70.2 Å². The zero-order valence-corrected chi connectivity index (χ0v) is 70.8. The Morgan fingerprint density at radius 2 is 0.766 bits per heavy atom. The maximum absolute atomic E-state index is 16.0. The van der Waals surface area contributed by atoms with Gasteiger partial charge in [-0.15, -0.1) is 0 Å². The Labute approximate surface area is 715 Å². The molecule has 6 aliphatic heterocycles. The van der Waals surface area contributed by atoms with Crippen LogP contribution in [0.25, 0.3) is 0 Å². The summed E-state index contributed by atoms with van der Waals surface area (Å²) in [6, 6.07) is 38.6. The smallest absolute Gasteiger partial charge is 0.311 e. The van der Waals surface area contributed by atoms with Crippen molar-refractivity contribution in [3.05, 3.63) is 179 Å². The van der Waals surface area contributed by atoms with Gasteiger partial charge in [0.05, 0.1) is 62.3 Å². The van der Waals surface area contributed by atoms with Crippen LogP contribution in [-0.2, 0) is 174 Å². The minimum absolute atomic E-state index is 0.0276. The molecule has 36 heteroatoms. The van der Waals surface area contributed by atoms with Gasteiger partial charge in [-0.3, -0.25) is 57.6 Å². The summed E-state index contributed by atoms with van der Waals surface area (Å²) in [5.41, 5.74) is 1.40. The molecule has 5 aromatic rings. The molecule has 2 N–H and O–H groups in total. The molecule has 0 unspecified atom stereocenters. The molecule has 5 aromatic carbocycles. The number of rotatable bonds is 35. The second-order valence-corrected chi connectivity index (χ2v) is 31.4. The first-order valence-electron chi connectivity index (χ1n) is 40.5. The van der Waals surface area contributed by atoms with Gasteiger partial charge in [-0.2, -0.15) is 0 Å². The third-order valence-corrected chi connectivity index (χ3v) is 20.7. The van der Waals surface area contributed by atoms with E-state index in [0.717, 1.165) is 71.4 Å². The standard InChI is InChI=1S/C88H106N2O34/c1-46-68(106-39-56-30-20-15-21-31-56)76(107-40-57-32-22-16-23-33-57)78(108-41-58-34-24-17-25-35-58)85(111-46)124-74-66(90-80(100)59-36-26-27-37-60(59)81(90)101)83(119-61(42-104-38-55-28-18-14-19-29-55)71(74)122-84-75(115-52(7)96)67(99)69(112-49(4)93)62(120-84)43-105-48(3)92)109-44-63-70(113-50(5)94)73(65(89-47(2)91)82(103-13)118-63)123-86-79(117-54(9)98)77(116-53(8)97)72(114-51(6)95)64(121-86)45-110-87(102)88(10,11)12/h14-37,46,61-79,82-86,99H,38-45H2,1-13H3,(H,89,91)/t46-,61+,62+,63+,64+,65+,66+,67-,68+,69-,70-,71+,72-,73+,74+,75+,76+,77-,78-,79+,82-,83+,84-,85-,86-/m0/s1. The fraction of sp³-hybridized carbons (Fsp3) is 0.534. The van der Waals surface area contributed by atoms with Gasteiger partial charge >= 0.3 is 47.8 Å². The topological polar surface area (TPSA) is 426 Å². The predicted molar refractivity (Wildman–Crippen MR) is 422 cm³/mol. The van der Waals surface area contributed by atoms with E-state index in [0.29, 0.717) is 11.1 Å². The summed E-state index contributed by atoms with van der Waals surface area (Å²) in [6.07, 6.45) is -40.1. The maximum atomic E-state index is 16.0. The van der Waals surface area contributed by atoms with Gasteiger partial charge in [-0.25, -0.2) is 0 Å². The number of benzene rings is 5. The van der Waals surface area contributed by atoms with Gasteiger partial charge in [0.25, 0.3) is 11.8 Å². The zero-order valence-electron chi connectivity index (χ0n) is 70.8. The quantitative estimate of drug-likeness (QED) is 0.0279. The van der Waals surface area contributed by atoms with Crippen LogP contribution in [0.15, 0.2) is 146 Å². The van der Waals surface area contributed by atoms with E-state index in [1.807, 2.05) is 78.9 Å². The second-order valence-electron chi connectivity index (χ2n) is 31.4. The van der Waals surface area contributed by atoms with Crippen molar-refractivity contribution in [2.45, 2.75) is 263 Å². The van der Waals surface area contributed by atoms with Crippen LogP contribution in [0.3, 0.4) is 0 Å². The van der Waals surface area contributed by atoms with Crippen molar-refractivity contribution in [3.8, 4) is 0 Å². The highest BCUT2D eigenvalue weighted by atomic mass is 16.8. The van der Waals surface area contributed by atoms with Crippen LogP contribution < -0.4 is 5.32 Å². The SMILES string of the molecule is CO[C@H]1O[C@H](CO[C@@H]2O[C@H](COCc3ccccc3)[C@@H](O[C@@H]3O[C@H](COC(C)=O)[C@H](OC(C)=O)[C@H](O)[C@H]3OC(C)=O)[C@H](O[C@@H]3O[C@@H](C)[C@@H](OCc4ccccc4)[C@@H](OCc4ccccc4)[C@@H]3OCc3ccccc3)[C@H]2N2C(=O)c3ccccc3C2=O)[C@H](OC(C)=O)[C@H](O[C@@H]2O[C@H](COC(=O)C(C)(C)C)[C@H](OC(C)=O)[C@H](OC(C)=O)[C@H]2OC(C)=O)[C@H]1NC(C)=O. The fourth-order valence-corrected chi connectivity index (χ4v) is 15.3. The second kappa shape index (κ2) is 43.7. The Hall–Kier alpha value is -10.1. The van der Waals surface area contributed by atoms with Gasteiger partial charge in [0.1, 0.15) is 92.4 Å². The number of hydrogen-bond donors (Lipinski definition) is 2. The minimum Gasteiger partial charge on any atom is -0.463 e. The lowest BCUT2D eigenvalue weighted by atomic mass is 9.93. The molecule has 0 bridgehead atoms. The molecule has 0 radical (unpaired) electrons. The van der Waals surface area contributed by atoms with Gasteiger partial charge in [-0.05, 0) is 62.1 Å². The highest BCUT2D eigenvalue weighted by Crippen LogP contribution is 2.43. The van der Waals surface area contributed by atoms with Crippen molar-refractivity contribution < 1.29 is 162 Å². The highest BCUT2D eigenvalue weighted by Gasteiger charge is 2.63. The molecule has 6 heterocycles. The van der Waals surface area contributed by atoms with E-state index in [4.69, 9.17) is 104 Å². The van der Waals surface area contributed by atoms with E-state index in [-0.39, 0.29) is 37.6 Å². The predicted octanol–water partition coefficient (Wildman–Crippen LogP) is 5.70. The van der Waals surface area contributed by atoms with Gasteiger partial charge in [0, 0.05) is 62.5 Å². The minimum atomic E-state index is -2.11. The fourth-order valence-electron chi connectivity index (χ4n) is 15.3. The number of esters is 8. The number of ether oxygens (including phenoxy) is 22. The van der Waals surface area contributed by atoms with Crippen LogP contribution in [0.2, 0.25) is 0 Å². The van der Waals surface area contributed by atoms with Crippen molar-refractivity contribution >= 4 is 65.5 Å². The van der Waals surface area contributed by atoms with Gasteiger partial charge < -0.3 is 115 Å². The van der Waals surface area contributed by atoms with Crippen molar-refractivity contribution in [2.24, 2.45) is 5.41 Å². The number of amides is 3. The average Bonchev–Trinajstić information content (AvgIpc) is 1.49. The van der Waals surface area contributed by atoms with E-state index in [1.165, 1.54) is 31.4 Å². The highest BCUT2D eigenvalue weighted by molar-refractivity contribution is 6.21. The lowest BCUT2D eigenvalue weighted by Crippen LogP contribution is -2.71. The number of nitrogens with zero attached hydrogens (tertiary/aromatic N) is 1. The first-order chi connectivity index (χ1) is 59.2. The third-order valence-electron chi connectivity index (χ3n) is 20.7. The molecule has 0 spiro atoms. The molecule has 0 aliphatic carbocycles. The number of aliphatic hydroxyl groups is 1. The number of fused-ring (bicyclic) bond motifs is 1. The first kappa shape index (κ1) is 94.5. The summed E-state index contributed by atoms with van der Waals surface area (Å²) in [6.45, 7) is 11.4. The largest absolute Gasteiger partial charge is 0.463 e. The summed E-state index contributed by atoms with van der Waals surface area (Å²) in [5, 5.41) is 15.3. The molecule has 0 saturated carbocycles. The van der Waals surface area contributed by atoms with Crippen molar-refractivity contribution in [1.29, 1.82) is 0 Å². The molecule has 124 heavy (non-hydrogen) atoms. The number of hydrogen-bond acceptors (Lipinski definition) is 34. The van der Waals surface area contributed by atoms with E-state index >= 15 is 9.59 Å². The van der Waals surface area contributed by atoms with E-state index < -0.39 is 251 Å². The van der Waals surface area contributed by atoms with Crippen molar-refractivity contribution in [3.63, 3.8) is 0 Å². The lowest BCUT2D eigenvalue weighted by Gasteiger charge is -2.53. The summed E-state index contributed by atoms with van der Waals surface area (Å²) >= 11 is 0. The van der Waals surface area contributed by atoms with Crippen molar-refractivity contribution in [2.75, 3.05) is 33.5 Å². The first-order valence-corrected chi connectivity index (χ1v) is 40.5. The number of imide groups is 1. The number of aliphatic hydroxyl groups excluding tert-OH is 1.